The van der Waals surface area contributed by atoms with Gasteiger partial charge in [0.25, 0.3) is 11.4 Å². The third-order valence-electron chi connectivity index (χ3n) is 4.38. The number of nitro groups is 2. The van der Waals surface area contributed by atoms with Crippen LogP contribution in [0.3, 0.4) is 0 Å². The summed E-state index contributed by atoms with van der Waals surface area (Å²) < 4.78 is 10.4. The van der Waals surface area contributed by atoms with Crippen LogP contribution in [0.5, 0.6) is 0 Å². The number of fused-ring (bicyclic) bond motifs is 2. The number of rotatable bonds is 4. The Morgan fingerprint density at radius 3 is 1.48 bits per heavy atom. The lowest BCUT2D eigenvalue weighted by atomic mass is 10.0. The Kier molecular flexibility index (Phi) is 4.15. The summed E-state index contributed by atoms with van der Waals surface area (Å²) >= 11 is 0. The minimum atomic E-state index is -0.704. The van der Waals surface area contributed by atoms with Gasteiger partial charge in [0.05, 0.1) is 9.85 Å². The fourth-order valence-electron chi connectivity index (χ4n) is 2.99. The van der Waals surface area contributed by atoms with Crippen molar-refractivity contribution in [3.63, 3.8) is 0 Å². The zero-order valence-electron chi connectivity index (χ0n) is 14.5. The van der Waals surface area contributed by atoms with Gasteiger partial charge in [0, 0.05) is 52.6 Å². The molecule has 4 rings (SSSR count). The smallest absolute Gasteiger partial charge is 0.339 e. The van der Waals surface area contributed by atoms with E-state index >= 15 is 0 Å². The number of nitrogens with zero attached hydrogens (tertiary/aromatic N) is 2. The average molecular weight is 394 g/mol. The molecule has 10 heteroatoms. The van der Waals surface area contributed by atoms with Crippen molar-refractivity contribution in [3.05, 3.63) is 101 Å². The van der Waals surface area contributed by atoms with E-state index in [4.69, 9.17) is 8.83 Å². The monoisotopic (exact) mass is 394 g/mol. The van der Waals surface area contributed by atoms with E-state index in [0.717, 1.165) is 0 Å². The molecule has 0 N–H and O–H groups in total. The van der Waals surface area contributed by atoms with Gasteiger partial charge in [0.15, 0.2) is 0 Å². The van der Waals surface area contributed by atoms with E-state index < -0.39 is 21.1 Å². The van der Waals surface area contributed by atoms with Gasteiger partial charge in [-0.1, -0.05) is 0 Å². The molecule has 2 heterocycles. The summed E-state index contributed by atoms with van der Waals surface area (Å²) in [5.41, 5.74) is -1.22. The Morgan fingerprint density at radius 2 is 1.10 bits per heavy atom. The van der Waals surface area contributed by atoms with E-state index in [2.05, 4.69) is 0 Å². The first-order valence-electron chi connectivity index (χ1n) is 8.24. The molecular weight excluding hydrogens is 384 g/mol. The molecule has 0 saturated carbocycles. The molecule has 2 aromatic carbocycles. The van der Waals surface area contributed by atoms with Crippen molar-refractivity contribution in [2.45, 2.75) is 6.42 Å². The van der Waals surface area contributed by atoms with E-state index in [0.29, 0.717) is 10.8 Å². The molecule has 0 radical (unpaired) electrons. The normalized spacial score (nSPS) is 11.0. The van der Waals surface area contributed by atoms with Crippen molar-refractivity contribution >= 4 is 33.3 Å². The van der Waals surface area contributed by atoms with Gasteiger partial charge in [-0.25, -0.2) is 9.59 Å². The summed E-state index contributed by atoms with van der Waals surface area (Å²) in [5, 5.41) is 22.5. The minimum Gasteiger partial charge on any atom is -0.423 e. The van der Waals surface area contributed by atoms with Crippen molar-refractivity contribution < 1.29 is 18.7 Å². The zero-order valence-corrected chi connectivity index (χ0v) is 14.5. The number of non-ortho nitro benzene ring substituents is 2. The Morgan fingerprint density at radius 1 is 0.690 bits per heavy atom. The molecule has 4 aromatic rings. The van der Waals surface area contributed by atoms with Crippen molar-refractivity contribution in [1.82, 2.24) is 0 Å². The minimum absolute atomic E-state index is 0.0927. The molecule has 2 aromatic heterocycles. The molecular formula is C19H10N2O8. The van der Waals surface area contributed by atoms with Crippen LogP contribution in [0.15, 0.2) is 67.0 Å². The zero-order chi connectivity index (χ0) is 20.7. The predicted octanol–water partition coefficient (Wildman–Crippen LogP) is 3.31. The predicted molar refractivity (Wildman–Crippen MR) is 101 cm³/mol. The first-order valence-corrected chi connectivity index (χ1v) is 8.24. The van der Waals surface area contributed by atoms with Crippen molar-refractivity contribution in [3.8, 4) is 0 Å². The van der Waals surface area contributed by atoms with E-state index in [9.17, 15) is 29.8 Å². The highest BCUT2D eigenvalue weighted by atomic mass is 16.6. The van der Waals surface area contributed by atoms with Crippen LogP contribution in [-0.4, -0.2) is 9.85 Å². The van der Waals surface area contributed by atoms with E-state index in [1.54, 1.807) is 0 Å². The SMILES string of the molecule is O=c1oc2ccc([N+](=O)[O-])cc2cc1Cc1cc2cc([N+](=O)[O-])ccc2oc1=O. The molecule has 0 aliphatic rings. The Labute approximate surface area is 159 Å². The summed E-state index contributed by atoms with van der Waals surface area (Å²) in [7, 11) is 0. The second kappa shape index (κ2) is 6.68. The Balaban J connectivity index is 1.81. The quantitative estimate of drug-likeness (QED) is 0.291. The van der Waals surface area contributed by atoms with Gasteiger partial charge in [-0.05, 0) is 24.3 Å². The highest BCUT2D eigenvalue weighted by Gasteiger charge is 2.15. The van der Waals surface area contributed by atoms with Crippen LogP contribution in [0.4, 0.5) is 11.4 Å². The maximum Gasteiger partial charge on any atom is 0.339 e. The highest BCUT2D eigenvalue weighted by molar-refractivity contribution is 5.81. The molecule has 29 heavy (non-hydrogen) atoms. The van der Waals surface area contributed by atoms with Gasteiger partial charge in [-0.2, -0.15) is 0 Å². The fourth-order valence-corrected chi connectivity index (χ4v) is 2.99. The molecule has 144 valence electrons. The molecule has 0 unspecified atom stereocenters. The van der Waals surface area contributed by atoms with Crippen LogP contribution in [0.25, 0.3) is 21.9 Å². The summed E-state index contributed by atoms with van der Waals surface area (Å²) in [6.07, 6.45) is -0.165. The van der Waals surface area contributed by atoms with E-state index in [1.807, 2.05) is 0 Å². The van der Waals surface area contributed by atoms with Gasteiger partial charge in [0.2, 0.25) is 0 Å². The summed E-state index contributed by atoms with van der Waals surface area (Å²) in [4.78, 5) is 45.2. The lowest BCUT2D eigenvalue weighted by Gasteiger charge is -2.04. The van der Waals surface area contributed by atoms with Crippen LogP contribution >= 0.6 is 0 Å². The first-order chi connectivity index (χ1) is 13.8. The highest BCUT2D eigenvalue weighted by Crippen LogP contribution is 2.23. The van der Waals surface area contributed by atoms with Crippen LogP contribution < -0.4 is 11.3 Å². The Bertz CT molecular complexity index is 1320. The maximum absolute atomic E-state index is 12.3. The molecule has 0 aliphatic carbocycles. The van der Waals surface area contributed by atoms with Gasteiger partial charge in [-0.15, -0.1) is 0 Å². The molecule has 0 bridgehead atoms. The summed E-state index contributed by atoms with van der Waals surface area (Å²) in [6, 6.07) is 10.4. The molecule has 0 aliphatic heterocycles. The molecule has 0 atom stereocenters. The summed E-state index contributed by atoms with van der Waals surface area (Å²) in [5.74, 6) is 0. The van der Waals surface area contributed by atoms with Gasteiger partial charge in [0.1, 0.15) is 11.2 Å². The number of nitro benzene ring substituents is 2. The number of benzene rings is 2. The van der Waals surface area contributed by atoms with Crippen molar-refractivity contribution in [1.29, 1.82) is 0 Å². The molecule has 0 amide bonds. The average Bonchev–Trinajstić information content (AvgIpc) is 2.68. The lowest BCUT2D eigenvalue weighted by Crippen LogP contribution is -2.13. The fraction of sp³-hybridized carbons (Fsp3) is 0.0526. The largest absolute Gasteiger partial charge is 0.423 e. The van der Waals surface area contributed by atoms with Gasteiger partial charge < -0.3 is 8.83 Å². The van der Waals surface area contributed by atoms with Gasteiger partial charge in [-0.3, -0.25) is 20.2 Å². The van der Waals surface area contributed by atoms with E-state index in [1.165, 1.54) is 48.5 Å². The molecule has 0 saturated heterocycles. The maximum atomic E-state index is 12.3. The van der Waals surface area contributed by atoms with Crippen molar-refractivity contribution in [2.24, 2.45) is 0 Å². The van der Waals surface area contributed by atoms with Gasteiger partial charge >= 0.3 is 11.3 Å². The second-order valence-corrected chi connectivity index (χ2v) is 6.25. The van der Waals surface area contributed by atoms with E-state index in [-0.39, 0.29) is 40.1 Å². The third-order valence-corrected chi connectivity index (χ3v) is 4.38. The topological polar surface area (TPSA) is 147 Å². The summed E-state index contributed by atoms with van der Waals surface area (Å²) in [6.45, 7) is 0. The first kappa shape index (κ1) is 18.0. The van der Waals surface area contributed by atoms with Crippen LogP contribution in [0.2, 0.25) is 0 Å². The Hall–Kier alpha value is -4.34. The third kappa shape index (κ3) is 3.34. The van der Waals surface area contributed by atoms with Crippen LogP contribution in [-0.2, 0) is 6.42 Å². The number of hydrogen-bond donors (Lipinski definition) is 0. The van der Waals surface area contributed by atoms with Crippen LogP contribution in [0, 0.1) is 20.2 Å². The lowest BCUT2D eigenvalue weighted by molar-refractivity contribution is -0.384. The van der Waals surface area contributed by atoms with Crippen LogP contribution in [0.1, 0.15) is 11.1 Å². The molecule has 0 spiro atoms. The van der Waals surface area contributed by atoms with Crippen molar-refractivity contribution in [2.75, 3.05) is 0 Å². The number of hydrogen-bond acceptors (Lipinski definition) is 8. The standard InChI is InChI=1S/C19H10N2O8/c22-18-12(5-10-8-14(20(24)25)1-3-16(10)28-18)7-13-6-11-9-15(21(26)27)2-4-17(11)29-19(13)23/h1-6,8-9H,7H2. The second-order valence-electron chi connectivity index (χ2n) is 6.25. The molecule has 0 fully saturated rings. The molecule has 10 nitrogen and oxygen atoms in total.